The Morgan fingerprint density at radius 3 is 2.29 bits per heavy atom. The van der Waals surface area contributed by atoms with Crippen LogP contribution in [0.4, 0.5) is 20.2 Å². The van der Waals surface area contributed by atoms with E-state index in [9.17, 15) is 18.4 Å². The van der Waals surface area contributed by atoms with Crippen molar-refractivity contribution in [2.75, 3.05) is 10.6 Å². The maximum Gasteiger partial charge on any atom is 0.239 e. The number of rotatable bonds is 4. The van der Waals surface area contributed by atoms with Crippen LogP contribution < -0.4 is 10.6 Å². The Kier molecular flexibility index (Phi) is 5.19. The van der Waals surface area contributed by atoms with Crippen LogP contribution >= 0.6 is 11.6 Å². The van der Waals surface area contributed by atoms with Crippen molar-refractivity contribution in [3.8, 4) is 0 Å². The predicted molar refractivity (Wildman–Crippen MR) is 88.9 cm³/mol. The maximum absolute atomic E-state index is 13.6. The summed E-state index contributed by atoms with van der Waals surface area (Å²) in [6, 6.07) is 9.20. The number of carbonyl (C=O) groups is 2. The Hall–Kier alpha value is -2.47. The number of benzene rings is 2. The fourth-order valence-corrected chi connectivity index (χ4v) is 2.02. The first-order chi connectivity index (χ1) is 11.2. The van der Waals surface area contributed by atoms with Crippen LogP contribution in [0.1, 0.15) is 13.8 Å². The van der Waals surface area contributed by atoms with Crippen LogP contribution in [0.15, 0.2) is 42.5 Å². The van der Waals surface area contributed by atoms with Crippen LogP contribution in [0.3, 0.4) is 0 Å². The SMILES string of the molecule is CC(C)(C(=O)Nc1cccc(Cl)c1)C(=O)Nc1ccc(F)cc1F. The average molecular weight is 353 g/mol. The quantitative estimate of drug-likeness (QED) is 0.809. The third-order valence-corrected chi connectivity index (χ3v) is 3.63. The van der Waals surface area contributed by atoms with E-state index in [4.69, 9.17) is 11.6 Å². The molecule has 0 saturated heterocycles. The number of anilines is 2. The molecule has 0 bridgehead atoms. The molecule has 0 spiro atoms. The van der Waals surface area contributed by atoms with Gasteiger partial charge in [-0.1, -0.05) is 17.7 Å². The molecule has 0 saturated carbocycles. The van der Waals surface area contributed by atoms with Crippen LogP contribution in [-0.4, -0.2) is 11.8 Å². The van der Waals surface area contributed by atoms with E-state index in [1.54, 1.807) is 18.2 Å². The van der Waals surface area contributed by atoms with Crippen molar-refractivity contribution in [1.82, 2.24) is 0 Å². The second kappa shape index (κ2) is 6.97. The Morgan fingerprint density at radius 2 is 1.67 bits per heavy atom. The van der Waals surface area contributed by atoms with Gasteiger partial charge in [-0.3, -0.25) is 9.59 Å². The molecule has 0 heterocycles. The zero-order valence-corrected chi connectivity index (χ0v) is 13.7. The zero-order valence-electron chi connectivity index (χ0n) is 13.0. The highest BCUT2D eigenvalue weighted by atomic mass is 35.5. The van der Waals surface area contributed by atoms with Crippen molar-refractivity contribution in [3.63, 3.8) is 0 Å². The summed E-state index contributed by atoms with van der Waals surface area (Å²) in [4.78, 5) is 24.7. The van der Waals surface area contributed by atoms with Gasteiger partial charge in [0.2, 0.25) is 11.8 Å². The molecule has 0 aliphatic heterocycles. The van der Waals surface area contributed by atoms with E-state index in [-0.39, 0.29) is 5.69 Å². The summed E-state index contributed by atoms with van der Waals surface area (Å²) in [6.45, 7) is 2.79. The third-order valence-electron chi connectivity index (χ3n) is 3.40. The third kappa shape index (κ3) is 4.08. The van der Waals surface area contributed by atoms with Crippen LogP contribution in [0, 0.1) is 17.0 Å². The minimum Gasteiger partial charge on any atom is -0.325 e. The minimum atomic E-state index is -1.50. The molecule has 0 atom stereocenters. The van der Waals surface area contributed by atoms with Crippen LogP contribution in [0.5, 0.6) is 0 Å². The molecule has 0 unspecified atom stereocenters. The second-order valence-corrected chi connectivity index (χ2v) is 6.10. The van der Waals surface area contributed by atoms with Crippen LogP contribution in [0.2, 0.25) is 5.02 Å². The lowest BCUT2D eigenvalue weighted by atomic mass is 9.90. The van der Waals surface area contributed by atoms with Crippen molar-refractivity contribution in [1.29, 1.82) is 0 Å². The first-order valence-corrected chi connectivity index (χ1v) is 7.41. The molecular formula is C17H15ClF2N2O2. The Morgan fingerprint density at radius 1 is 1.00 bits per heavy atom. The molecule has 2 rings (SSSR count). The van der Waals surface area contributed by atoms with Crippen molar-refractivity contribution >= 4 is 34.8 Å². The number of halogens is 3. The highest BCUT2D eigenvalue weighted by molar-refractivity contribution is 6.31. The first-order valence-electron chi connectivity index (χ1n) is 7.03. The molecule has 0 fully saturated rings. The van der Waals surface area contributed by atoms with E-state index in [2.05, 4.69) is 10.6 Å². The molecule has 126 valence electrons. The lowest BCUT2D eigenvalue weighted by Gasteiger charge is -2.23. The molecule has 24 heavy (non-hydrogen) atoms. The van der Waals surface area contributed by atoms with Crippen molar-refractivity contribution < 1.29 is 18.4 Å². The highest BCUT2D eigenvalue weighted by Crippen LogP contribution is 2.24. The summed E-state index contributed by atoms with van der Waals surface area (Å²) < 4.78 is 26.5. The smallest absolute Gasteiger partial charge is 0.239 e. The van der Waals surface area contributed by atoms with E-state index in [1.807, 2.05) is 0 Å². The van der Waals surface area contributed by atoms with Gasteiger partial charge in [-0.25, -0.2) is 8.78 Å². The molecule has 0 aromatic heterocycles. The molecule has 2 aromatic rings. The molecule has 0 aliphatic carbocycles. The van der Waals surface area contributed by atoms with Gasteiger partial charge in [0, 0.05) is 16.8 Å². The van der Waals surface area contributed by atoms with Crippen LogP contribution in [0.25, 0.3) is 0 Å². The zero-order chi connectivity index (χ0) is 17.9. The van der Waals surface area contributed by atoms with Gasteiger partial charge in [-0.2, -0.15) is 0 Å². The number of hydrogen-bond donors (Lipinski definition) is 2. The normalized spacial score (nSPS) is 11.0. The fraction of sp³-hybridized carbons (Fsp3) is 0.176. The average Bonchev–Trinajstić information content (AvgIpc) is 2.49. The largest absolute Gasteiger partial charge is 0.325 e. The fourth-order valence-electron chi connectivity index (χ4n) is 1.83. The van der Waals surface area contributed by atoms with Crippen molar-refractivity contribution in [2.24, 2.45) is 5.41 Å². The predicted octanol–water partition coefficient (Wildman–Crippen LogP) is 4.22. The standard InChI is InChI=1S/C17H15ClF2N2O2/c1-17(2,15(23)21-12-5-3-4-10(18)8-12)16(24)22-14-7-6-11(19)9-13(14)20/h3-9H,1-2H3,(H,21,23)(H,22,24). The second-order valence-electron chi connectivity index (χ2n) is 5.67. The number of carbonyl (C=O) groups excluding carboxylic acids is 2. The van der Waals surface area contributed by atoms with Gasteiger partial charge in [0.15, 0.2) is 0 Å². The van der Waals surface area contributed by atoms with Gasteiger partial charge in [-0.15, -0.1) is 0 Å². The molecular weight excluding hydrogens is 338 g/mol. The van der Waals surface area contributed by atoms with E-state index in [0.717, 1.165) is 12.1 Å². The lowest BCUT2D eigenvalue weighted by molar-refractivity contribution is -0.135. The highest BCUT2D eigenvalue weighted by Gasteiger charge is 2.36. The summed E-state index contributed by atoms with van der Waals surface area (Å²) in [5.74, 6) is -3.00. The molecule has 0 radical (unpaired) electrons. The van der Waals surface area contributed by atoms with Gasteiger partial charge in [-0.05, 0) is 44.2 Å². The van der Waals surface area contributed by atoms with Gasteiger partial charge in [0.05, 0.1) is 5.69 Å². The molecule has 4 nitrogen and oxygen atoms in total. The Balaban J connectivity index is 2.12. The first kappa shape index (κ1) is 17.9. The molecule has 2 aromatic carbocycles. The summed E-state index contributed by atoms with van der Waals surface area (Å²) in [6.07, 6.45) is 0. The lowest BCUT2D eigenvalue weighted by Crippen LogP contribution is -2.41. The molecule has 7 heteroatoms. The number of nitrogens with one attached hydrogen (secondary N) is 2. The summed E-state index contributed by atoms with van der Waals surface area (Å²) >= 11 is 5.84. The van der Waals surface area contributed by atoms with E-state index >= 15 is 0 Å². The van der Waals surface area contributed by atoms with Gasteiger partial charge >= 0.3 is 0 Å². The number of hydrogen-bond acceptors (Lipinski definition) is 2. The molecule has 0 aliphatic rings. The maximum atomic E-state index is 13.6. The van der Waals surface area contributed by atoms with Crippen molar-refractivity contribution in [3.05, 3.63) is 59.1 Å². The van der Waals surface area contributed by atoms with E-state index in [0.29, 0.717) is 16.8 Å². The Labute approximate surface area is 142 Å². The van der Waals surface area contributed by atoms with E-state index in [1.165, 1.54) is 19.9 Å². The minimum absolute atomic E-state index is 0.204. The van der Waals surface area contributed by atoms with Gasteiger partial charge < -0.3 is 10.6 Å². The molecule has 2 N–H and O–H groups in total. The summed E-state index contributed by atoms with van der Waals surface area (Å²) in [5.41, 5.74) is -1.27. The van der Waals surface area contributed by atoms with Crippen molar-refractivity contribution in [2.45, 2.75) is 13.8 Å². The monoisotopic (exact) mass is 352 g/mol. The van der Waals surface area contributed by atoms with E-state index < -0.39 is 28.9 Å². The topological polar surface area (TPSA) is 58.2 Å². The van der Waals surface area contributed by atoms with Gasteiger partial charge in [0.25, 0.3) is 0 Å². The summed E-state index contributed by atoms with van der Waals surface area (Å²) in [7, 11) is 0. The Bertz CT molecular complexity index is 794. The summed E-state index contributed by atoms with van der Waals surface area (Å²) in [5, 5.41) is 5.30. The van der Waals surface area contributed by atoms with Crippen LogP contribution in [-0.2, 0) is 9.59 Å². The molecule has 2 amide bonds. The van der Waals surface area contributed by atoms with Gasteiger partial charge in [0.1, 0.15) is 17.0 Å². The number of amides is 2.